The van der Waals surface area contributed by atoms with Gasteiger partial charge >= 0.3 is 5.97 Å². The molecule has 2 heterocycles. The fraction of sp³-hybridized carbons (Fsp3) is 0.304. The van der Waals surface area contributed by atoms with E-state index in [1.165, 1.54) is 28.5 Å². The van der Waals surface area contributed by atoms with Gasteiger partial charge in [-0.25, -0.2) is 4.79 Å². The first-order valence-corrected chi connectivity index (χ1v) is 10.5. The molecule has 2 N–H and O–H groups in total. The van der Waals surface area contributed by atoms with Crippen molar-refractivity contribution in [3.05, 3.63) is 69.4 Å². The van der Waals surface area contributed by atoms with Crippen molar-refractivity contribution in [1.29, 1.82) is 0 Å². The number of para-hydroxylation sites is 1. The molecule has 5 nitrogen and oxygen atoms in total. The molecule has 1 aromatic carbocycles. The lowest BCUT2D eigenvalue weighted by molar-refractivity contribution is 0.0698. The van der Waals surface area contributed by atoms with E-state index >= 15 is 0 Å². The molecule has 1 aliphatic rings. The van der Waals surface area contributed by atoms with Crippen LogP contribution in [0.25, 0.3) is 5.57 Å². The third kappa shape index (κ3) is 5.22. The Morgan fingerprint density at radius 1 is 1.24 bits per heavy atom. The largest absolute Gasteiger partial charge is 0.478 e. The number of carbonyl (C=O) groups is 2. The van der Waals surface area contributed by atoms with Gasteiger partial charge in [-0.05, 0) is 68.5 Å². The molecular weight excluding hydrogens is 386 g/mol. The van der Waals surface area contributed by atoms with Crippen LogP contribution in [0.4, 0.5) is 5.69 Å². The van der Waals surface area contributed by atoms with Crippen LogP contribution < -0.4 is 5.32 Å². The van der Waals surface area contributed by atoms with Crippen LogP contribution >= 0.6 is 11.3 Å². The van der Waals surface area contributed by atoms with Crippen LogP contribution in [0.1, 0.15) is 58.0 Å². The molecule has 1 aromatic heterocycles. The van der Waals surface area contributed by atoms with Crippen molar-refractivity contribution in [3.8, 4) is 0 Å². The van der Waals surface area contributed by atoms with Gasteiger partial charge in [-0.3, -0.25) is 4.79 Å². The molecule has 1 amide bonds. The highest BCUT2D eigenvalue weighted by Crippen LogP contribution is 2.29. The number of ether oxygens (including phenoxy) is 1. The summed E-state index contributed by atoms with van der Waals surface area (Å²) in [5.74, 6) is -1.37. The number of aromatic carboxylic acids is 1. The molecule has 1 atom stereocenters. The maximum atomic E-state index is 12.6. The van der Waals surface area contributed by atoms with Crippen LogP contribution in [0, 0.1) is 0 Å². The summed E-state index contributed by atoms with van der Waals surface area (Å²) >= 11 is 1.42. The SMILES string of the molecule is C/C=C(\CC/C=C1/CCOC1C)c1ccc(C(=O)Nc2ccccc2C(=O)O)s1. The summed E-state index contributed by atoms with van der Waals surface area (Å²) in [6.45, 7) is 4.90. The Bertz CT molecular complexity index is 957. The minimum atomic E-state index is -1.07. The second kappa shape index (κ2) is 9.67. The highest BCUT2D eigenvalue weighted by atomic mass is 32.1. The monoisotopic (exact) mass is 411 g/mol. The van der Waals surface area contributed by atoms with Crippen LogP contribution in [-0.2, 0) is 4.74 Å². The number of carbonyl (C=O) groups excluding carboxylic acids is 1. The molecule has 1 saturated heterocycles. The van der Waals surface area contributed by atoms with Gasteiger partial charge in [0.25, 0.3) is 5.91 Å². The zero-order valence-corrected chi connectivity index (χ0v) is 17.4. The number of anilines is 1. The van der Waals surface area contributed by atoms with Crippen LogP contribution in [-0.4, -0.2) is 29.7 Å². The van der Waals surface area contributed by atoms with E-state index in [1.807, 2.05) is 13.0 Å². The van der Waals surface area contributed by atoms with Gasteiger partial charge in [0.05, 0.1) is 28.8 Å². The van der Waals surface area contributed by atoms with E-state index in [0.29, 0.717) is 10.6 Å². The smallest absolute Gasteiger partial charge is 0.337 e. The molecule has 1 aliphatic heterocycles. The third-order valence-electron chi connectivity index (χ3n) is 5.00. The van der Waals surface area contributed by atoms with Gasteiger partial charge in [0.1, 0.15) is 0 Å². The van der Waals surface area contributed by atoms with Gasteiger partial charge in [0, 0.05) is 4.88 Å². The Labute approximate surface area is 174 Å². The average molecular weight is 412 g/mol. The summed E-state index contributed by atoms with van der Waals surface area (Å²) in [5, 5.41) is 12.0. The third-order valence-corrected chi connectivity index (χ3v) is 6.16. The molecule has 29 heavy (non-hydrogen) atoms. The van der Waals surface area contributed by atoms with Gasteiger partial charge in [0.2, 0.25) is 0 Å². The number of allylic oxidation sites excluding steroid dienone is 3. The van der Waals surface area contributed by atoms with Gasteiger partial charge in [0.15, 0.2) is 0 Å². The Balaban J connectivity index is 1.66. The van der Waals surface area contributed by atoms with Crippen LogP contribution in [0.15, 0.2) is 54.1 Å². The number of hydrogen-bond donors (Lipinski definition) is 2. The van der Waals surface area contributed by atoms with Crippen molar-refractivity contribution in [2.75, 3.05) is 11.9 Å². The molecular formula is C23H25NO4S. The van der Waals surface area contributed by atoms with Gasteiger partial charge in [-0.2, -0.15) is 0 Å². The minimum Gasteiger partial charge on any atom is -0.478 e. The van der Waals surface area contributed by atoms with E-state index in [2.05, 4.69) is 24.4 Å². The standard InChI is InChI=1S/C23H25NO4S/c1-3-16(7-6-8-17-13-14-28-15(17)2)20-11-12-21(29-20)22(25)24-19-10-5-4-9-18(19)23(26)27/h3-5,8-12,15H,6-7,13-14H2,1-2H3,(H,24,25)(H,26,27)/b16-3+,17-8-. The normalized spacial score (nSPS) is 18.2. The zero-order valence-electron chi connectivity index (χ0n) is 16.6. The van der Waals surface area contributed by atoms with Crippen LogP contribution in [0.2, 0.25) is 0 Å². The van der Waals surface area contributed by atoms with Crippen molar-refractivity contribution >= 4 is 34.5 Å². The lowest BCUT2D eigenvalue weighted by Gasteiger charge is -2.07. The first kappa shape index (κ1) is 21.0. The van der Waals surface area contributed by atoms with Gasteiger partial charge in [-0.15, -0.1) is 11.3 Å². The first-order chi connectivity index (χ1) is 14.0. The van der Waals surface area contributed by atoms with Crippen molar-refractivity contribution in [1.82, 2.24) is 0 Å². The molecule has 2 aromatic rings. The number of benzene rings is 1. The predicted octanol–water partition coefficient (Wildman–Crippen LogP) is 5.62. The Morgan fingerprint density at radius 3 is 2.69 bits per heavy atom. The highest BCUT2D eigenvalue weighted by molar-refractivity contribution is 7.15. The molecule has 0 radical (unpaired) electrons. The Kier molecular flexibility index (Phi) is 7.01. The lowest BCUT2D eigenvalue weighted by atomic mass is 10.0. The van der Waals surface area contributed by atoms with E-state index in [0.717, 1.165) is 30.7 Å². The number of nitrogens with one attached hydrogen (secondary N) is 1. The lowest BCUT2D eigenvalue weighted by Crippen LogP contribution is -2.13. The summed E-state index contributed by atoms with van der Waals surface area (Å²) in [6, 6.07) is 10.1. The fourth-order valence-electron chi connectivity index (χ4n) is 3.35. The van der Waals surface area contributed by atoms with E-state index in [4.69, 9.17) is 4.74 Å². The Hall–Kier alpha value is -2.70. The summed E-state index contributed by atoms with van der Waals surface area (Å²) < 4.78 is 5.57. The first-order valence-electron chi connectivity index (χ1n) is 9.69. The predicted molar refractivity (Wildman–Crippen MR) is 117 cm³/mol. The molecule has 6 heteroatoms. The number of carboxylic acids is 1. The van der Waals surface area contributed by atoms with Crippen LogP contribution in [0.5, 0.6) is 0 Å². The molecule has 0 bridgehead atoms. The fourth-order valence-corrected chi connectivity index (χ4v) is 4.35. The molecule has 1 unspecified atom stereocenters. The molecule has 0 saturated carbocycles. The number of hydrogen-bond acceptors (Lipinski definition) is 4. The highest BCUT2D eigenvalue weighted by Gasteiger charge is 2.17. The van der Waals surface area contributed by atoms with Crippen molar-refractivity contribution in [3.63, 3.8) is 0 Å². The topological polar surface area (TPSA) is 75.6 Å². The van der Waals surface area contributed by atoms with E-state index < -0.39 is 5.97 Å². The summed E-state index contributed by atoms with van der Waals surface area (Å²) in [4.78, 5) is 25.5. The number of thiophene rings is 1. The average Bonchev–Trinajstić information content (AvgIpc) is 3.35. The molecule has 1 fully saturated rings. The summed E-state index contributed by atoms with van der Waals surface area (Å²) in [5.41, 5.74) is 2.93. The van der Waals surface area contributed by atoms with Crippen molar-refractivity contribution in [2.45, 2.75) is 39.2 Å². The second-order valence-electron chi connectivity index (χ2n) is 6.86. The van der Waals surface area contributed by atoms with E-state index in [-0.39, 0.29) is 17.6 Å². The zero-order chi connectivity index (χ0) is 20.8. The van der Waals surface area contributed by atoms with Crippen molar-refractivity contribution in [2.24, 2.45) is 0 Å². The second-order valence-corrected chi connectivity index (χ2v) is 7.95. The van der Waals surface area contributed by atoms with Crippen molar-refractivity contribution < 1.29 is 19.4 Å². The molecule has 152 valence electrons. The van der Waals surface area contributed by atoms with Gasteiger partial charge in [-0.1, -0.05) is 24.3 Å². The molecule has 3 rings (SSSR count). The minimum absolute atomic E-state index is 0.0740. The number of carboxylic acid groups (broad SMARTS) is 1. The van der Waals surface area contributed by atoms with Gasteiger partial charge < -0.3 is 15.2 Å². The molecule has 0 spiro atoms. The maximum Gasteiger partial charge on any atom is 0.337 e. The number of amides is 1. The summed E-state index contributed by atoms with van der Waals surface area (Å²) in [6.07, 6.45) is 7.42. The van der Waals surface area contributed by atoms with E-state index in [9.17, 15) is 14.7 Å². The number of rotatable bonds is 7. The molecule has 0 aliphatic carbocycles. The Morgan fingerprint density at radius 2 is 2.00 bits per heavy atom. The van der Waals surface area contributed by atoms with E-state index in [1.54, 1.807) is 24.3 Å². The van der Waals surface area contributed by atoms with Crippen LogP contribution in [0.3, 0.4) is 0 Å². The summed E-state index contributed by atoms with van der Waals surface area (Å²) in [7, 11) is 0. The maximum absolute atomic E-state index is 12.6. The quantitative estimate of drug-likeness (QED) is 0.580.